The minimum Gasteiger partial charge on any atom is -0.379 e. The van der Waals surface area contributed by atoms with Crippen molar-refractivity contribution in [2.75, 3.05) is 107 Å². The summed E-state index contributed by atoms with van der Waals surface area (Å²) in [5.41, 5.74) is 0. The Bertz CT molecular complexity index is 221. The summed E-state index contributed by atoms with van der Waals surface area (Å²) in [6, 6.07) is 0. The van der Waals surface area contributed by atoms with Crippen molar-refractivity contribution >= 4 is 0 Å². The summed E-state index contributed by atoms with van der Waals surface area (Å²) < 4.78 is 5.10. The normalized spacial score (nSPS) is 25.6. The zero-order chi connectivity index (χ0) is 16.2. The number of piperazine rings is 2. The first-order chi connectivity index (χ1) is 10.6. The molecule has 3 saturated heterocycles. The number of ether oxygens (including phenoxy) is 1. The van der Waals surface area contributed by atoms with Crippen molar-refractivity contribution in [2.45, 2.75) is 0 Å². The number of hydrogen-bond acceptors (Lipinski definition) is 5. The quantitative estimate of drug-likeness (QED) is 0.577. The summed E-state index contributed by atoms with van der Waals surface area (Å²) in [5.74, 6) is 0. The van der Waals surface area contributed by atoms with Crippen LogP contribution in [-0.2, 0) is 4.74 Å². The van der Waals surface area contributed by atoms with Gasteiger partial charge in [-0.1, -0.05) is 0 Å². The molecule has 0 aliphatic carbocycles. The first-order valence-electron chi connectivity index (χ1n) is 8.71. The van der Waals surface area contributed by atoms with Crippen molar-refractivity contribution in [2.24, 2.45) is 0 Å². The predicted octanol–water partition coefficient (Wildman–Crippen LogP) is -1.69. The Kier molecular flexibility index (Phi) is 11.0. The van der Waals surface area contributed by atoms with Crippen LogP contribution in [0, 0.1) is 0 Å². The van der Waals surface area contributed by atoms with Crippen LogP contribution in [0.4, 0.5) is 0 Å². The predicted molar refractivity (Wildman–Crippen MR) is 92.5 cm³/mol. The van der Waals surface area contributed by atoms with Crippen LogP contribution in [0.1, 0.15) is 0 Å². The summed E-state index contributed by atoms with van der Waals surface area (Å²) >= 11 is 0. The molecule has 6 heteroatoms. The van der Waals surface area contributed by atoms with Crippen LogP contribution < -0.4 is 5.32 Å². The molecule has 0 radical (unpaired) electrons. The topological polar surface area (TPSA) is 38.8 Å². The maximum Gasteiger partial charge on any atom is 0.0884 e. The summed E-state index contributed by atoms with van der Waals surface area (Å²) in [7, 11) is 8.63. The second kappa shape index (κ2) is 12.2. The van der Waals surface area contributed by atoms with E-state index in [1.54, 1.807) is 0 Å². The summed E-state index contributed by atoms with van der Waals surface area (Å²) in [6.45, 7) is 14.1. The molecule has 0 aromatic heterocycles. The van der Waals surface area contributed by atoms with Gasteiger partial charge in [-0.15, -0.1) is 0 Å². The van der Waals surface area contributed by atoms with Crippen molar-refractivity contribution in [3.63, 3.8) is 0 Å². The van der Waals surface area contributed by atoms with Gasteiger partial charge in [0.05, 0.1) is 26.3 Å². The number of morpholine rings is 1. The van der Waals surface area contributed by atoms with E-state index in [0.717, 1.165) is 26.3 Å². The summed E-state index contributed by atoms with van der Waals surface area (Å²) in [5, 5.41) is 2.36. The average molecular weight is 317 g/mol. The molecule has 0 spiro atoms. The summed E-state index contributed by atoms with van der Waals surface area (Å²) in [6.07, 6.45) is 0. The molecule has 3 rings (SSSR count). The van der Waals surface area contributed by atoms with Crippen LogP contribution in [0.15, 0.2) is 0 Å². The number of quaternary nitrogens is 1. The standard InChI is InChI=1S/C6H14N2.C5H12N2.C5H11NO/c1-7-3-5-8(2)6-4-7;1-7-4-2-6-3-5-7;1-6-2-4-7-5-3-6/h3-6H2,1-2H3;6H,2-5H2,1H3;2-5H2,1H3/p+1. The third-order valence-electron chi connectivity index (χ3n) is 4.39. The molecule has 3 aliphatic heterocycles. The molecule has 132 valence electrons. The lowest BCUT2D eigenvalue weighted by molar-refractivity contribution is -0.662. The van der Waals surface area contributed by atoms with Gasteiger partial charge in [0.2, 0.25) is 0 Å². The molecule has 0 saturated carbocycles. The molecule has 3 heterocycles. The lowest BCUT2D eigenvalue weighted by Gasteiger charge is -2.28. The monoisotopic (exact) mass is 316 g/mol. The smallest absolute Gasteiger partial charge is 0.0884 e. The van der Waals surface area contributed by atoms with Gasteiger partial charge < -0.3 is 24.8 Å². The third-order valence-corrected chi connectivity index (χ3v) is 4.39. The number of nitrogens with zero attached hydrogens (tertiary/aromatic N) is 4. The Morgan fingerprint density at radius 1 is 0.545 bits per heavy atom. The molecule has 0 unspecified atom stereocenters. The van der Waals surface area contributed by atoms with E-state index in [0.29, 0.717) is 0 Å². The highest BCUT2D eigenvalue weighted by Gasteiger charge is 2.08. The van der Waals surface area contributed by atoms with Gasteiger partial charge in [-0.05, 0) is 28.2 Å². The number of likely N-dealkylation sites (N-methyl/N-ethyl adjacent to an activating group) is 4. The van der Waals surface area contributed by atoms with Crippen molar-refractivity contribution in [3.8, 4) is 0 Å². The molecule has 0 aromatic carbocycles. The zero-order valence-electron chi connectivity index (χ0n) is 15.3. The van der Waals surface area contributed by atoms with E-state index in [1.807, 2.05) is 0 Å². The van der Waals surface area contributed by atoms with Crippen molar-refractivity contribution in [3.05, 3.63) is 0 Å². The van der Waals surface area contributed by atoms with E-state index in [1.165, 1.54) is 52.4 Å². The highest BCUT2D eigenvalue weighted by atomic mass is 16.5. The molecule has 3 aliphatic rings. The molecule has 0 atom stereocenters. The molecule has 6 nitrogen and oxygen atoms in total. The van der Waals surface area contributed by atoms with E-state index in [4.69, 9.17) is 4.74 Å². The fourth-order valence-electron chi connectivity index (χ4n) is 2.44. The number of rotatable bonds is 0. The van der Waals surface area contributed by atoms with Crippen molar-refractivity contribution in [1.82, 2.24) is 19.6 Å². The summed E-state index contributed by atoms with van der Waals surface area (Å²) in [4.78, 5) is 9.35. The lowest BCUT2D eigenvalue weighted by Crippen LogP contribution is -2.89. The van der Waals surface area contributed by atoms with E-state index >= 15 is 0 Å². The number of hydrogen-bond donors (Lipinski definition) is 1. The molecule has 3 fully saturated rings. The molecule has 2 N–H and O–H groups in total. The SMILES string of the molecule is CN1CCN(C)CC1.CN1CCOCC1.CN1CC[NH2+]CC1. The molecular weight excluding hydrogens is 278 g/mol. The molecule has 0 aromatic rings. The molecule has 22 heavy (non-hydrogen) atoms. The third kappa shape index (κ3) is 10.5. The van der Waals surface area contributed by atoms with Crippen LogP contribution in [0.25, 0.3) is 0 Å². The fourth-order valence-corrected chi connectivity index (χ4v) is 2.44. The highest BCUT2D eigenvalue weighted by molar-refractivity contribution is 4.64. The second-order valence-corrected chi connectivity index (χ2v) is 6.69. The average Bonchev–Trinajstić information content (AvgIpc) is 2.53. The highest BCUT2D eigenvalue weighted by Crippen LogP contribution is 1.93. The van der Waals surface area contributed by atoms with Crippen LogP contribution >= 0.6 is 0 Å². The minimum absolute atomic E-state index is 0.913. The maximum absolute atomic E-state index is 5.10. The van der Waals surface area contributed by atoms with Gasteiger partial charge in [-0.2, -0.15) is 0 Å². The van der Waals surface area contributed by atoms with E-state index in [2.05, 4.69) is 53.1 Å². The van der Waals surface area contributed by atoms with Gasteiger partial charge in [0.1, 0.15) is 0 Å². The van der Waals surface area contributed by atoms with Gasteiger partial charge in [0.25, 0.3) is 0 Å². The molecular formula is C16H38N5O+. The lowest BCUT2D eigenvalue weighted by atomic mass is 10.4. The van der Waals surface area contributed by atoms with Gasteiger partial charge >= 0.3 is 0 Å². The Morgan fingerprint density at radius 2 is 0.909 bits per heavy atom. The zero-order valence-corrected chi connectivity index (χ0v) is 15.3. The second-order valence-electron chi connectivity index (χ2n) is 6.69. The van der Waals surface area contributed by atoms with Gasteiger partial charge in [0.15, 0.2) is 0 Å². The molecule has 0 bridgehead atoms. The van der Waals surface area contributed by atoms with Crippen LogP contribution in [0.2, 0.25) is 0 Å². The van der Waals surface area contributed by atoms with Gasteiger partial charge in [0, 0.05) is 52.4 Å². The fraction of sp³-hybridized carbons (Fsp3) is 1.00. The Balaban J connectivity index is 0.000000166. The van der Waals surface area contributed by atoms with E-state index in [9.17, 15) is 0 Å². The van der Waals surface area contributed by atoms with E-state index < -0.39 is 0 Å². The van der Waals surface area contributed by atoms with Crippen LogP contribution in [-0.4, -0.2) is 126 Å². The molecule has 0 amide bonds. The number of nitrogens with two attached hydrogens (primary N) is 1. The van der Waals surface area contributed by atoms with Crippen molar-refractivity contribution < 1.29 is 10.1 Å². The van der Waals surface area contributed by atoms with Gasteiger partial charge in [-0.25, -0.2) is 0 Å². The van der Waals surface area contributed by atoms with Crippen molar-refractivity contribution in [1.29, 1.82) is 0 Å². The Morgan fingerprint density at radius 3 is 1.18 bits per heavy atom. The largest absolute Gasteiger partial charge is 0.379 e. The van der Waals surface area contributed by atoms with E-state index in [-0.39, 0.29) is 0 Å². The van der Waals surface area contributed by atoms with Crippen LogP contribution in [0.3, 0.4) is 0 Å². The first-order valence-corrected chi connectivity index (χ1v) is 8.71. The van der Waals surface area contributed by atoms with Gasteiger partial charge in [-0.3, -0.25) is 4.90 Å². The minimum atomic E-state index is 0.913. The Hall–Kier alpha value is -0.240. The maximum atomic E-state index is 5.10. The van der Waals surface area contributed by atoms with Crippen LogP contribution in [0.5, 0.6) is 0 Å². The Labute approximate surface area is 137 Å². The first kappa shape index (κ1) is 19.8.